The zero-order chi connectivity index (χ0) is 31.7. The van der Waals surface area contributed by atoms with E-state index in [0.29, 0.717) is 37.5 Å². The number of aromatic nitrogens is 3. The quantitative estimate of drug-likeness (QED) is 0.322. The number of carbonyl (C=O) groups excluding carboxylic acids is 1. The lowest BCUT2D eigenvalue weighted by Gasteiger charge is -2.39. The maximum absolute atomic E-state index is 14.3. The van der Waals surface area contributed by atoms with Crippen LogP contribution in [0.2, 0.25) is 0 Å². The number of carbonyl (C=O) groups is 1. The molecule has 0 radical (unpaired) electrons. The average molecular weight is 624 g/mol. The lowest BCUT2D eigenvalue weighted by atomic mass is 10.0. The number of amides is 1. The monoisotopic (exact) mass is 623 g/mol. The summed E-state index contributed by atoms with van der Waals surface area (Å²) in [5, 5.41) is 17.7. The van der Waals surface area contributed by atoms with Crippen LogP contribution in [0.4, 0.5) is 18.9 Å². The van der Waals surface area contributed by atoms with Gasteiger partial charge < -0.3 is 25.0 Å². The average Bonchev–Trinajstić information content (AvgIpc) is 3.48. The van der Waals surface area contributed by atoms with Gasteiger partial charge in [0.05, 0.1) is 31.6 Å². The molecule has 1 amide bonds. The molecule has 0 bridgehead atoms. The molecule has 0 spiro atoms. The Labute approximate surface area is 259 Å². The first-order chi connectivity index (χ1) is 21.7. The van der Waals surface area contributed by atoms with Crippen LogP contribution in [0.15, 0.2) is 54.7 Å². The summed E-state index contributed by atoms with van der Waals surface area (Å²) in [5.74, 6) is 0.125. The number of methoxy groups -OCH3 is 1. The second kappa shape index (κ2) is 12.7. The van der Waals surface area contributed by atoms with Crippen LogP contribution in [0.25, 0.3) is 16.9 Å². The molecule has 4 aromatic rings. The van der Waals surface area contributed by atoms with Gasteiger partial charge in [-0.25, -0.2) is 9.50 Å². The Morgan fingerprint density at radius 2 is 1.76 bits per heavy atom. The molecule has 2 aliphatic rings. The van der Waals surface area contributed by atoms with E-state index in [9.17, 15) is 23.1 Å². The van der Waals surface area contributed by atoms with Crippen molar-refractivity contribution in [2.45, 2.75) is 19.1 Å². The van der Waals surface area contributed by atoms with Crippen molar-refractivity contribution in [2.75, 3.05) is 71.0 Å². The van der Waals surface area contributed by atoms with E-state index in [1.54, 1.807) is 29.2 Å². The van der Waals surface area contributed by atoms with Crippen molar-refractivity contribution < 1.29 is 27.8 Å². The van der Waals surface area contributed by atoms with Crippen LogP contribution in [-0.4, -0.2) is 101 Å². The fourth-order valence-electron chi connectivity index (χ4n) is 6.28. The Kier molecular flexibility index (Phi) is 8.67. The van der Waals surface area contributed by atoms with Crippen molar-refractivity contribution in [1.29, 1.82) is 0 Å². The smallest absolute Gasteiger partial charge is 0.433 e. The number of nitrogens with zero attached hydrogens (tertiary/aromatic N) is 6. The number of hydrogen-bond acceptors (Lipinski definition) is 8. The van der Waals surface area contributed by atoms with Crippen molar-refractivity contribution >= 4 is 17.2 Å². The molecule has 13 heteroatoms. The molecule has 10 nitrogen and oxygen atoms in total. The first kappa shape index (κ1) is 30.8. The molecule has 4 heterocycles. The van der Waals surface area contributed by atoms with Gasteiger partial charge in [0, 0.05) is 69.2 Å². The summed E-state index contributed by atoms with van der Waals surface area (Å²) in [7, 11) is 1.51. The van der Waals surface area contributed by atoms with E-state index in [0.717, 1.165) is 41.9 Å². The number of benzene rings is 2. The number of anilines is 1. The highest BCUT2D eigenvalue weighted by Gasteiger charge is 2.39. The predicted octanol–water partition coefficient (Wildman–Crippen LogP) is 3.63. The Morgan fingerprint density at radius 3 is 2.40 bits per heavy atom. The number of fused-ring (bicyclic) bond motifs is 1. The van der Waals surface area contributed by atoms with Crippen LogP contribution in [-0.2, 0) is 6.18 Å². The maximum atomic E-state index is 14.3. The lowest BCUT2D eigenvalue weighted by molar-refractivity contribution is -0.143. The van der Waals surface area contributed by atoms with Gasteiger partial charge in [0.25, 0.3) is 5.91 Å². The highest BCUT2D eigenvalue weighted by Crippen LogP contribution is 2.37. The Hall–Kier alpha value is -4.20. The zero-order valence-corrected chi connectivity index (χ0v) is 25.2. The maximum Gasteiger partial charge on any atom is 0.433 e. The molecule has 0 unspecified atom stereocenters. The Balaban J connectivity index is 1.24. The normalized spacial score (nSPS) is 17.1. The van der Waals surface area contributed by atoms with Gasteiger partial charge in [0.1, 0.15) is 11.3 Å². The van der Waals surface area contributed by atoms with Crippen molar-refractivity contribution in [3.8, 4) is 17.0 Å². The fourth-order valence-corrected chi connectivity index (χ4v) is 6.28. The van der Waals surface area contributed by atoms with E-state index < -0.39 is 17.8 Å². The third-order valence-corrected chi connectivity index (χ3v) is 8.70. The number of rotatable bonds is 7. The third-order valence-electron chi connectivity index (χ3n) is 8.70. The summed E-state index contributed by atoms with van der Waals surface area (Å²) < 4.78 is 48.9. The lowest BCUT2D eigenvalue weighted by Crippen LogP contribution is -2.50. The number of aliphatic hydroxyl groups excluding tert-OH is 1. The van der Waals surface area contributed by atoms with Gasteiger partial charge in [0.15, 0.2) is 11.3 Å². The van der Waals surface area contributed by atoms with Crippen LogP contribution in [0.3, 0.4) is 0 Å². The number of aliphatic hydroxyl groups is 1. The number of alkyl halides is 3. The third kappa shape index (κ3) is 6.07. The van der Waals surface area contributed by atoms with E-state index in [4.69, 9.17) is 4.74 Å². The second-order valence-corrected chi connectivity index (χ2v) is 11.3. The highest BCUT2D eigenvalue weighted by molar-refractivity contribution is 6.00. The van der Waals surface area contributed by atoms with E-state index in [1.165, 1.54) is 20.2 Å². The molecule has 2 fully saturated rings. The summed E-state index contributed by atoms with van der Waals surface area (Å²) in [6, 6.07) is 14.5. The molecule has 1 atom stereocenters. The molecule has 238 valence electrons. The molecule has 2 aromatic carbocycles. The summed E-state index contributed by atoms with van der Waals surface area (Å²) in [6.45, 7) is 6.62. The number of nitrogens with one attached hydrogen (secondary N) is 1. The standard InChI is InChI=1S/C32H36F3N7O3/c1-21-28(22-6-8-25(45-2)9-7-22)38-30-26(19-37-42(30)29(21)32(33,34)35)31(44)41-16-14-40(15-17-41)27(20-43)23-4-3-5-24(18-23)39-12-10-36-11-13-39/h3-9,18-19,27,36,43H,10-17,20H2,1-2H3/t27-/m1/s1. The summed E-state index contributed by atoms with van der Waals surface area (Å²) in [5.41, 5.74) is 1.49. The Morgan fingerprint density at radius 1 is 1.04 bits per heavy atom. The van der Waals surface area contributed by atoms with Gasteiger partial charge in [-0.1, -0.05) is 12.1 Å². The van der Waals surface area contributed by atoms with Crippen molar-refractivity contribution in [3.63, 3.8) is 0 Å². The van der Waals surface area contributed by atoms with Crippen molar-refractivity contribution in [2.24, 2.45) is 0 Å². The molecule has 2 saturated heterocycles. The molecule has 2 aromatic heterocycles. The number of ether oxygens (including phenoxy) is 1. The van der Waals surface area contributed by atoms with E-state index >= 15 is 0 Å². The SMILES string of the molecule is COc1ccc(-c2nc3c(C(=O)N4CCN([C@H](CO)c5cccc(N6CCNCC6)c5)CC4)cnn3c(C(F)(F)F)c2C)cc1. The van der Waals surface area contributed by atoms with Gasteiger partial charge in [-0.3, -0.25) is 9.69 Å². The summed E-state index contributed by atoms with van der Waals surface area (Å²) in [6.07, 6.45) is -3.56. The first-order valence-electron chi connectivity index (χ1n) is 15.0. The van der Waals surface area contributed by atoms with Crippen LogP contribution in [0.5, 0.6) is 5.75 Å². The van der Waals surface area contributed by atoms with Gasteiger partial charge >= 0.3 is 6.18 Å². The van der Waals surface area contributed by atoms with Crippen molar-refractivity contribution in [3.05, 3.63) is 77.1 Å². The molecule has 6 rings (SSSR count). The van der Waals surface area contributed by atoms with Gasteiger partial charge in [0.2, 0.25) is 0 Å². The fraction of sp³-hybridized carbons (Fsp3) is 0.406. The topological polar surface area (TPSA) is 98.5 Å². The largest absolute Gasteiger partial charge is 0.497 e. The number of piperazine rings is 2. The first-order valence-corrected chi connectivity index (χ1v) is 15.0. The summed E-state index contributed by atoms with van der Waals surface area (Å²) >= 11 is 0. The highest BCUT2D eigenvalue weighted by atomic mass is 19.4. The van der Waals surface area contributed by atoms with E-state index in [2.05, 4.69) is 37.3 Å². The van der Waals surface area contributed by atoms with Gasteiger partial charge in [-0.05, 0) is 48.9 Å². The molecular formula is C32H36F3N7O3. The van der Waals surface area contributed by atoms with Gasteiger partial charge in [-0.15, -0.1) is 0 Å². The molecular weight excluding hydrogens is 587 g/mol. The van der Waals surface area contributed by atoms with Crippen LogP contribution in [0, 0.1) is 6.92 Å². The number of hydrogen-bond donors (Lipinski definition) is 2. The molecule has 45 heavy (non-hydrogen) atoms. The van der Waals surface area contributed by atoms with E-state index in [-0.39, 0.29) is 35.1 Å². The van der Waals surface area contributed by atoms with Crippen LogP contribution >= 0.6 is 0 Å². The molecule has 2 N–H and O–H groups in total. The minimum absolute atomic E-state index is 0.00569. The molecule has 2 aliphatic heterocycles. The van der Waals surface area contributed by atoms with Crippen LogP contribution in [0.1, 0.15) is 33.2 Å². The van der Waals surface area contributed by atoms with Crippen LogP contribution < -0.4 is 15.0 Å². The minimum atomic E-state index is -4.73. The Bertz CT molecular complexity index is 1660. The molecule has 0 aliphatic carbocycles. The molecule has 0 saturated carbocycles. The second-order valence-electron chi connectivity index (χ2n) is 11.3. The van der Waals surface area contributed by atoms with Gasteiger partial charge in [-0.2, -0.15) is 18.3 Å². The minimum Gasteiger partial charge on any atom is -0.497 e. The van der Waals surface area contributed by atoms with E-state index in [1.807, 2.05) is 12.1 Å². The number of halogens is 3. The van der Waals surface area contributed by atoms with Crippen molar-refractivity contribution in [1.82, 2.24) is 29.7 Å². The summed E-state index contributed by atoms with van der Waals surface area (Å²) in [4.78, 5) is 24.4. The zero-order valence-electron chi connectivity index (χ0n) is 25.2. The predicted molar refractivity (Wildman–Crippen MR) is 164 cm³/mol.